The number of carbonyl (C=O) groups is 1. The molecule has 2 heterocycles. The summed E-state index contributed by atoms with van der Waals surface area (Å²) in [6.45, 7) is 2.00. The first-order valence-corrected chi connectivity index (χ1v) is 8.85. The first-order chi connectivity index (χ1) is 12.7. The third-order valence-corrected chi connectivity index (χ3v) is 4.66. The third-order valence-electron chi connectivity index (χ3n) is 4.66. The molecule has 4 rings (SSSR count). The van der Waals surface area contributed by atoms with E-state index in [1.54, 1.807) is 18.5 Å². The summed E-state index contributed by atoms with van der Waals surface area (Å²) < 4.78 is 20.6. The van der Waals surface area contributed by atoms with Crippen molar-refractivity contribution in [2.75, 3.05) is 13.1 Å². The SMILES string of the molecule is O=C(Cn1cnc2cc(Oc3ccc(F)cc3)ccc21)N1CCCCC1. The van der Waals surface area contributed by atoms with Crippen LogP contribution in [0.1, 0.15) is 19.3 Å². The van der Waals surface area contributed by atoms with Gasteiger partial charge in [-0.05, 0) is 55.7 Å². The summed E-state index contributed by atoms with van der Waals surface area (Å²) in [5, 5.41) is 0. The van der Waals surface area contributed by atoms with Crippen LogP contribution >= 0.6 is 0 Å². The molecular formula is C20H20FN3O2. The Morgan fingerprint density at radius 2 is 1.77 bits per heavy atom. The van der Waals surface area contributed by atoms with Gasteiger partial charge in [0.2, 0.25) is 5.91 Å². The predicted molar refractivity (Wildman–Crippen MR) is 96.6 cm³/mol. The van der Waals surface area contributed by atoms with Crippen LogP contribution in [0.4, 0.5) is 4.39 Å². The molecule has 0 radical (unpaired) electrons. The van der Waals surface area contributed by atoms with Crippen LogP contribution in [-0.2, 0) is 11.3 Å². The van der Waals surface area contributed by atoms with E-state index in [2.05, 4.69) is 4.98 Å². The van der Waals surface area contributed by atoms with Gasteiger partial charge in [0.1, 0.15) is 23.9 Å². The smallest absolute Gasteiger partial charge is 0.242 e. The maximum absolute atomic E-state index is 13.0. The van der Waals surface area contributed by atoms with E-state index in [0.717, 1.165) is 37.0 Å². The van der Waals surface area contributed by atoms with Crippen molar-refractivity contribution in [3.8, 4) is 11.5 Å². The number of imidazole rings is 1. The number of rotatable bonds is 4. The lowest BCUT2D eigenvalue weighted by molar-refractivity contribution is -0.132. The number of aromatic nitrogens is 2. The average Bonchev–Trinajstić information content (AvgIpc) is 3.06. The van der Waals surface area contributed by atoms with E-state index < -0.39 is 0 Å². The van der Waals surface area contributed by atoms with Crippen LogP contribution in [-0.4, -0.2) is 33.4 Å². The van der Waals surface area contributed by atoms with E-state index in [4.69, 9.17) is 4.74 Å². The second-order valence-electron chi connectivity index (χ2n) is 6.52. The Kier molecular flexibility index (Phi) is 4.56. The highest BCUT2D eigenvalue weighted by atomic mass is 19.1. The lowest BCUT2D eigenvalue weighted by Crippen LogP contribution is -2.37. The molecule has 0 atom stereocenters. The molecule has 3 aromatic rings. The number of fused-ring (bicyclic) bond motifs is 1. The normalized spacial score (nSPS) is 14.6. The molecule has 0 bridgehead atoms. The maximum Gasteiger partial charge on any atom is 0.242 e. The first kappa shape index (κ1) is 16.6. The van der Waals surface area contributed by atoms with Crippen LogP contribution in [0.3, 0.4) is 0 Å². The highest BCUT2D eigenvalue weighted by Crippen LogP contribution is 2.25. The summed E-state index contributed by atoms with van der Waals surface area (Å²) in [5.41, 5.74) is 1.65. The van der Waals surface area contributed by atoms with Gasteiger partial charge in [-0.25, -0.2) is 9.37 Å². The number of hydrogen-bond acceptors (Lipinski definition) is 3. The molecule has 0 saturated carbocycles. The quantitative estimate of drug-likeness (QED) is 0.713. The number of piperidine rings is 1. The largest absolute Gasteiger partial charge is 0.457 e. The molecule has 1 aliphatic heterocycles. The molecule has 1 aliphatic rings. The van der Waals surface area contributed by atoms with Crippen molar-refractivity contribution in [1.82, 2.24) is 14.5 Å². The fourth-order valence-corrected chi connectivity index (χ4v) is 3.26. The monoisotopic (exact) mass is 353 g/mol. The minimum atomic E-state index is -0.301. The van der Waals surface area contributed by atoms with Crippen LogP contribution < -0.4 is 4.74 Å². The molecule has 1 amide bonds. The Morgan fingerprint density at radius 1 is 1.04 bits per heavy atom. The van der Waals surface area contributed by atoms with E-state index in [1.807, 2.05) is 27.7 Å². The molecular weight excluding hydrogens is 333 g/mol. The standard InChI is InChI=1S/C20H20FN3O2/c21-15-4-6-16(7-5-15)26-17-8-9-19-18(12-17)22-14-24(19)13-20(25)23-10-2-1-3-11-23/h4-9,12,14H,1-3,10-11,13H2. The van der Waals surface area contributed by atoms with Crippen molar-refractivity contribution >= 4 is 16.9 Å². The summed E-state index contributed by atoms with van der Waals surface area (Å²) >= 11 is 0. The minimum absolute atomic E-state index is 0.135. The summed E-state index contributed by atoms with van der Waals surface area (Å²) in [6, 6.07) is 11.4. The summed E-state index contributed by atoms with van der Waals surface area (Å²) in [4.78, 5) is 18.8. The highest BCUT2D eigenvalue weighted by molar-refractivity contribution is 5.81. The van der Waals surface area contributed by atoms with Crippen molar-refractivity contribution in [3.05, 3.63) is 54.6 Å². The van der Waals surface area contributed by atoms with Crippen LogP contribution in [0.2, 0.25) is 0 Å². The molecule has 5 nitrogen and oxygen atoms in total. The van der Waals surface area contributed by atoms with Gasteiger partial charge in [-0.15, -0.1) is 0 Å². The molecule has 1 saturated heterocycles. The number of nitrogens with zero attached hydrogens (tertiary/aromatic N) is 3. The summed E-state index contributed by atoms with van der Waals surface area (Å²) in [5.74, 6) is 1.02. The second-order valence-corrected chi connectivity index (χ2v) is 6.52. The van der Waals surface area contributed by atoms with Gasteiger partial charge in [0.25, 0.3) is 0 Å². The van der Waals surface area contributed by atoms with Crippen molar-refractivity contribution in [3.63, 3.8) is 0 Å². The first-order valence-electron chi connectivity index (χ1n) is 8.85. The summed E-state index contributed by atoms with van der Waals surface area (Å²) in [6.07, 6.45) is 5.06. The van der Waals surface area contributed by atoms with Crippen LogP contribution in [0.25, 0.3) is 11.0 Å². The predicted octanol–water partition coefficient (Wildman–Crippen LogP) is 3.98. The number of halogens is 1. The van der Waals surface area contributed by atoms with E-state index in [9.17, 15) is 9.18 Å². The zero-order chi connectivity index (χ0) is 17.9. The van der Waals surface area contributed by atoms with Gasteiger partial charge < -0.3 is 14.2 Å². The zero-order valence-corrected chi connectivity index (χ0v) is 14.4. The number of benzene rings is 2. The van der Waals surface area contributed by atoms with Crippen molar-refractivity contribution in [2.45, 2.75) is 25.8 Å². The molecule has 134 valence electrons. The summed E-state index contributed by atoms with van der Waals surface area (Å²) in [7, 11) is 0. The molecule has 2 aromatic carbocycles. The van der Waals surface area contributed by atoms with Gasteiger partial charge in [-0.1, -0.05) is 0 Å². The maximum atomic E-state index is 13.0. The highest BCUT2D eigenvalue weighted by Gasteiger charge is 2.17. The van der Waals surface area contributed by atoms with Crippen LogP contribution in [0.15, 0.2) is 48.8 Å². The number of likely N-dealkylation sites (tertiary alicyclic amines) is 1. The Morgan fingerprint density at radius 3 is 2.54 bits per heavy atom. The van der Waals surface area contributed by atoms with E-state index >= 15 is 0 Å². The van der Waals surface area contributed by atoms with Crippen LogP contribution in [0.5, 0.6) is 11.5 Å². The molecule has 6 heteroatoms. The average molecular weight is 353 g/mol. The number of ether oxygens (including phenoxy) is 1. The van der Waals surface area contributed by atoms with E-state index in [0.29, 0.717) is 18.0 Å². The fraction of sp³-hybridized carbons (Fsp3) is 0.300. The molecule has 0 N–H and O–H groups in total. The van der Waals surface area contributed by atoms with Gasteiger partial charge in [0.05, 0.1) is 17.4 Å². The minimum Gasteiger partial charge on any atom is -0.457 e. The number of hydrogen-bond donors (Lipinski definition) is 0. The second kappa shape index (κ2) is 7.15. The molecule has 0 aliphatic carbocycles. The molecule has 0 unspecified atom stereocenters. The van der Waals surface area contributed by atoms with Crippen molar-refractivity contribution < 1.29 is 13.9 Å². The Hall–Kier alpha value is -2.89. The van der Waals surface area contributed by atoms with Gasteiger partial charge in [0, 0.05) is 19.2 Å². The van der Waals surface area contributed by atoms with E-state index in [-0.39, 0.29) is 11.7 Å². The van der Waals surface area contributed by atoms with Gasteiger partial charge in [0.15, 0.2) is 0 Å². The molecule has 26 heavy (non-hydrogen) atoms. The lowest BCUT2D eigenvalue weighted by atomic mass is 10.1. The van der Waals surface area contributed by atoms with Gasteiger partial charge in [-0.2, -0.15) is 0 Å². The van der Waals surface area contributed by atoms with E-state index in [1.165, 1.54) is 18.6 Å². The zero-order valence-electron chi connectivity index (χ0n) is 14.4. The van der Waals surface area contributed by atoms with Gasteiger partial charge in [-0.3, -0.25) is 4.79 Å². The topological polar surface area (TPSA) is 47.4 Å². The number of amides is 1. The third kappa shape index (κ3) is 3.54. The molecule has 1 aromatic heterocycles. The fourth-order valence-electron chi connectivity index (χ4n) is 3.26. The van der Waals surface area contributed by atoms with Crippen LogP contribution in [0, 0.1) is 5.82 Å². The Labute approximate surface area is 151 Å². The molecule has 0 spiro atoms. The Bertz CT molecular complexity index is 914. The lowest BCUT2D eigenvalue weighted by Gasteiger charge is -2.26. The van der Waals surface area contributed by atoms with Gasteiger partial charge >= 0.3 is 0 Å². The number of carbonyl (C=O) groups excluding carboxylic acids is 1. The molecule has 1 fully saturated rings. The van der Waals surface area contributed by atoms with Crippen molar-refractivity contribution in [2.24, 2.45) is 0 Å². The van der Waals surface area contributed by atoms with Crippen molar-refractivity contribution in [1.29, 1.82) is 0 Å². The Balaban J connectivity index is 1.49.